The van der Waals surface area contributed by atoms with E-state index in [2.05, 4.69) is 5.32 Å². The van der Waals surface area contributed by atoms with Gasteiger partial charge in [-0.25, -0.2) is 13.6 Å². The number of phenolic OH excluding ortho intramolecular Hbond substituents is 2. The van der Waals surface area contributed by atoms with Gasteiger partial charge in [-0.15, -0.1) is 0 Å². The summed E-state index contributed by atoms with van der Waals surface area (Å²) in [6, 6.07) is 10.6. The molecule has 0 bridgehead atoms. The molecule has 0 amide bonds. The van der Waals surface area contributed by atoms with Crippen LogP contribution in [-0.2, 0) is 16.6 Å². The molecule has 6 nitrogen and oxygen atoms in total. The molecule has 0 saturated heterocycles. The summed E-state index contributed by atoms with van der Waals surface area (Å²) in [6.45, 7) is 0.363. The Labute approximate surface area is 116 Å². The molecule has 0 aliphatic carbocycles. The third-order valence-corrected chi connectivity index (χ3v) is 3.61. The number of phenols is 2. The van der Waals surface area contributed by atoms with Gasteiger partial charge in [0.1, 0.15) is 0 Å². The number of sulfonamides is 1. The van der Waals surface area contributed by atoms with Crippen molar-refractivity contribution in [3.05, 3.63) is 48.0 Å². The van der Waals surface area contributed by atoms with Crippen molar-refractivity contribution in [1.82, 2.24) is 0 Å². The highest BCUT2D eigenvalue weighted by molar-refractivity contribution is 7.89. The van der Waals surface area contributed by atoms with Crippen LogP contribution in [0.1, 0.15) is 5.56 Å². The summed E-state index contributed by atoms with van der Waals surface area (Å²) >= 11 is 0. The predicted molar refractivity (Wildman–Crippen MR) is 74.9 cm³/mol. The minimum Gasteiger partial charge on any atom is -0.504 e. The van der Waals surface area contributed by atoms with Gasteiger partial charge < -0.3 is 15.5 Å². The third kappa shape index (κ3) is 3.40. The largest absolute Gasteiger partial charge is 0.504 e. The van der Waals surface area contributed by atoms with Gasteiger partial charge in [-0.3, -0.25) is 0 Å². The van der Waals surface area contributed by atoms with Crippen LogP contribution in [0.2, 0.25) is 0 Å². The Bertz CT molecular complexity index is 729. The van der Waals surface area contributed by atoms with Crippen LogP contribution in [0, 0.1) is 0 Å². The summed E-state index contributed by atoms with van der Waals surface area (Å²) < 4.78 is 22.5. The van der Waals surface area contributed by atoms with Crippen molar-refractivity contribution in [3.8, 4) is 11.5 Å². The van der Waals surface area contributed by atoms with Gasteiger partial charge in [0.15, 0.2) is 11.5 Å². The van der Waals surface area contributed by atoms with E-state index in [1.807, 2.05) is 0 Å². The zero-order chi connectivity index (χ0) is 14.8. The molecule has 106 valence electrons. The molecule has 0 fully saturated rings. The van der Waals surface area contributed by atoms with E-state index in [1.54, 1.807) is 18.2 Å². The number of nitrogens with two attached hydrogens (primary N) is 1. The van der Waals surface area contributed by atoms with E-state index in [4.69, 9.17) is 5.14 Å². The highest BCUT2D eigenvalue weighted by Crippen LogP contribution is 2.25. The van der Waals surface area contributed by atoms with Gasteiger partial charge in [-0.1, -0.05) is 12.1 Å². The molecule has 5 N–H and O–H groups in total. The molecule has 0 aliphatic rings. The number of benzene rings is 2. The lowest BCUT2D eigenvalue weighted by atomic mass is 10.2. The SMILES string of the molecule is NS(=O)(=O)c1cccc(NCc2ccc(O)c(O)c2)c1. The standard InChI is InChI=1S/C13H14N2O4S/c14-20(18,19)11-3-1-2-10(7-11)15-8-9-4-5-12(16)13(17)6-9/h1-7,15-17H,8H2,(H2,14,18,19). The van der Waals surface area contributed by atoms with Gasteiger partial charge in [0.25, 0.3) is 0 Å². The van der Waals surface area contributed by atoms with Crippen molar-refractivity contribution in [2.45, 2.75) is 11.4 Å². The molecule has 0 saturated carbocycles. The Balaban J connectivity index is 2.13. The molecule has 0 aromatic heterocycles. The van der Waals surface area contributed by atoms with E-state index in [1.165, 1.54) is 24.3 Å². The second-order valence-electron chi connectivity index (χ2n) is 4.25. The lowest BCUT2D eigenvalue weighted by molar-refractivity contribution is 0.403. The minimum absolute atomic E-state index is 0.0241. The lowest BCUT2D eigenvalue weighted by Gasteiger charge is -2.08. The van der Waals surface area contributed by atoms with Crippen molar-refractivity contribution in [3.63, 3.8) is 0 Å². The molecule has 20 heavy (non-hydrogen) atoms. The van der Waals surface area contributed by atoms with Crippen LogP contribution < -0.4 is 10.5 Å². The highest BCUT2D eigenvalue weighted by atomic mass is 32.2. The van der Waals surface area contributed by atoms with Gasteiger partial charge in [-0.2, -0.15) is 0 Å². The van der Waals surface area contributed by atoms with Crippen LogP contribution >= 0.6 is 0 Å². The zero-order valence-corrected chi connectivity index (χ0v) is 11.3. The topological polar surface area (TPSA) is 113 Å². The van der Waals surface area contributed by atoms with Crippen molar-refractivity contribution >= 4 is 15.7 Å². The first-order valence-electron chi connectivity index (χ1n) is 5.74. The summed E-state index contributed by atoms with van der Waals surface area (Å²) in [4.78, 5) is 0.0241. The fourth-order valence-electron chi connectivity index (χ4n) is 1.67. The average Bonchev–Trinajstić information content (AvgIpc) is 2.39. The van der Waals surface area contributed by atoms with Crippen molar-refractivity contribution in [1.29, 1.82) is 0 Å². The molecule has 0 aliphatic heterocycles. The average molecular weight is 294 g/mol. The summed E-state index contributed by atoms with van der Waals surface area (Å²) in [5.74, 6) is -0.396. The molecule has 0 radical (unpaired) electrons. The second-order valence-corrected chi connectivity index (χ2v) is 5.81. The molecule has 2 rings (SSSR count). The van der Waals surface area contributed by atoms with E-state index in [0.717, 1.165) is 5.56 Å². The Hall–Kier alpha value is -2.25. The van der Waals surface area contributed by atoms with E-state index < -0.39 is 10.0 Å². The monoisotopic (exact) mass is 294 g/mol. The Morgan fingerprint density at radius 1 is 1.05 bits per heavy atom. The molecule has 0 heterocycles. The highest BCUT2D eigenvalue weighted by Gasteiger charge is 2.08. The van der Waals surface area contributed by atoms with Crippen LogP contribution in [0.3, 0.4) is 0 Å². The van der Waals surface area contributed by atoms with E-state index in [9.17, 15) is 18.6 Å². The van der Waals surface area contributed by atoms with Crippen molar-refractivity contribution in [2.75, 3.05) is 5.32 Å². The molecule has 0 unspecified atom stereocenters. The maximum absolute atomic E-state index is 11.2. The smallest absolute Gasteiger partial charge is 0.238 e. The lowest BCUT2D eigenvalue weighted by Crippen LogP contribution is -2.12. The van der Waals surface area contributed by atoms with Gasteiger partial charge in [0.2, 0.25) is 10.0 Å². The maximum Gasteiger partial charge on any atom is 0.238 e. The summed E-state index contributed by atoms with van der Waals surface area (Å²) in [5.41, 5.74) is 1.32. The number of rotatable bonds is 4. The maximum atomic E-state index is 11.2. The molecular formula is C13H14N2O4S. The fraction of sp³-hybridized carbons (Fsp3) is 0.0769. The quantitative estimate of drug-likeness (QED) is 0.636. The summed E-state index contributed by atoms with van der Waals surface area (Å²) in [6.07, 6.45) is 0. The number of primary sulfonamides is 1. The first-order chi connectivity index (χ1) is 9.36. The van der Waals surface area contributed by atoms with Crippen LogP contribution in [0.25, 0.3) is 0 Å². The molecule has 7 heteroatoms. The first kappa shape index (κ1) is 14.2. The van der Waals surface area contributed by atoms with E-state index >= 15 is 0 Å². The normalized spacial score (nSPS) is 11.2. The van der Waals surface area contributed by atoms with Gasteiger partial charge >= 0.3 is 0 Å². The molecular weight excluding hydrogens is 280 g/mol. The van der Waals surface area contributed by atoms with Crippen LogP contribution in [0.15, 0.2) is 47.4 Å². The summed E-state index contributed by atoms with van der Waals surface area (Å²) in [5, 5.41) is 26.6. The Kier molecular flexibility index (Phi) is 3.82. The second kappa shape index (κ2) is 5.40. The fourth-order valence-corrected chi connectivity index (χ4v) is 2.23. The van der Waals surface area contributed by atoms with E-state index in [0.29, 0.717) is 12.2 Å². The zero-order valence-electron chi connectivity index (χ0n) is 10.4. The van der Waals surface area contributed by atoms with Crippen LogP contribution in [0.4, 0.5) is 5.69 Å². The Morgan fingerprint density at radius 2 is 1.80 bits per heavy atom. The predicted octanol–water partition coefficient (Wildman–Crippen LogP) is 1.36. The van der Waals surface area contributed by atoms with Crippen molar-refractivity contribution in [2.24, 2.45) is 5.14 Å². The minimum atomic E-state index is -3.73. The molecule has 2 aromatic rings. The molecule has 0 atom stereocenters. The van der Waals surface area contributed by atoms with Gasteiger partial charge in [0, 0.05) is 12.2 Å². The number of anilines is 1. The van der Waals surface area contributed by atoms with Crippen molar-refractivity contribution < 1.29 is 18.6 Å². The van der Waals surface area contributed by atoms with Gasteiger partial charge in [0.05, 0.1) is 4.90 Å². The number of aromatic hydroxyl groups is 2. The summed E-state index contributed by atoms with van der Waals surface area (Å²) in [7, 11) is -3.73. The molecule has 2 aromatic carbocycles. The van der Waals surface area contributed by atoms with Crippen LogP contribution in [0.5, 0.6) is 11.5 Å². The molecule has 0 spiro atoms. The number of nitrogens with one attached hydrogen (secondary N) is 1. The van der Waals surface area contributed by atoms with Crippen LogP contribution in [-0.4, -0.2) is 18.6 Å². The first-order valence-corrected chi connectivity index (χ1v) is 7.28. The van der Waals surface area contributed by atoms with Gasteiger partial charge in [-0.05, 0) is 35.9 Å². The number of hydrogen-bond donors (Lipinski definition) is 4. The van der Waals surface area contributed by atoms with E-state index in [-0.39, 0.29) is 16.4 Å². The Morgan fingerprint density at radius 3 is 2.45 bits per heavy atom. The number of hydrogen-bond acceptors (Lipinski definition) is 5. The third-order valence-electron chi connectivity index (χ3n) is 2.70.